The summed E-state index contributed by atoms with van der Waals surface area (Å²) in [4.78, 5) is 11.4. The normalized spacial score (nSPS) is 9.80. The van der Waals surface area contributed by atoms with Crippen LogP contribution in [0.15, 0.2) is 22.7 Å². The molecule has 0 unspecified atom stereocenters. The van der Waals surface area contributed by atoms with Crippen LogP contribution in [0.2, 0.25) is 0 Å². The zero-order chi connectivity index (χ0) is 11.3. The highest BCUT2D eigenvalue weighted by Gasteiger charge is 2.05. The molecular weight excluding hydrogens is 326 g/mol. The molecule has 15 heavy (non-hydrogen) atoms. The molecule has 82 valence electrons. The first kappa shape index (κ1) is 12.5. The Labute approximate surface area is 105 Å². The lowest BCUT2D eigenvalue weighted by Crippen LogP contribution is -2.12. The van der Waals surface area contributed by atoms with Crippen LogP contribution in [0.3, 0.4) is 0 Å². The van der Waals surface area contributed by atoms with Crippen LogP contribution in [0.5, 0.6) is 5.75 Å². The summed E-state index contributed by atoms with van der Waals surface area (Å²) in [6.45, 7) is 0. The maximum atomic E-state index is 11.4. The molecule has 0 aromatic heterocycles. The second kappa shape index (κ2) is 6.12. The van der Waals surface area contributed by atoms with Gasteiger partial charge in [-0.25, -0.2) is 0 Å². The van der Waals surface area contributed by atoms with Crippen molar-refractivity contribution in [3.63, 3.8) is 0 Å². The van der Waals surface area contributed by atoms with E-state index in [1.165, 1.54) is 0 Å². The SMILES string of the molecule is COc1ccc(Br)c(NC(=O)CCBr)c1. The summed E-state index contributed by atoms with van der Waals surface area (Å²) in [6, 6.07) is 5.43. The number of alkyl halides is 1. The standard InChI is InChI=1S/C10H11Br2NO2/c1-15-7-2-3-8(12)9(6-7)13-10(14)4-5-11/h2-3,6H,4-5H2,1H3,(H,13,14). The van der Waals surface area contributed by atoms with E-state index in [4.69, 9.17) is 4.74 Å². The fraction of sp³-hybridized carbons (Fsp3) is 0.300. The Morgan fingerprint density at radius 1 is 1.53 bits per heavy atom. The third-order valence-corrected chi connectivity index (χ3v) is 2.86. The highest BCUT2D eigenvalue weighted by molar-refractivity contribution is 9.10. The molecule has 1 aromatic rings. The molecule has 3 nitrogen and oxygen atoms in total. The summed E-state index contributed by atoms with van der Waals surface area (Å²) in [5.74, 6) is 0.688. The predicted molar refractivity (Wildman–Crippen MR) is 67.7 cm³/mol. The molecular formula is C10H11Br2NO2. The van der Waals surface area contributed by atoms with E-state index in [0.717, 1.165) is 10.2 Å². The number of nitrogens with one attached hydrogen (secondary N) is 1. The monoisotopic (exact) mass is 335 g/mol. The van der Waals surface area contributed by atoms with Gasteiger partial charge in [-0.2, -0.15) is 0 Å². The van der Waals surface area contributed by atoms with Crippen molar-refractivity contribution < 1.29 is 9.53 Å². The van der Waals surface area contributed by atoms with E-state index < -0.39 is 0 Å². The van der Waals surface area contributed by atoms with Gasteiger partial charge in [0, 0.05) is 22.3 Å². The largest absolute Gasteiger partial charge is 0.497 e. The van der Waals surface area contributed by atoms with Gasteiger partial charge in [0.1, 0.15) is 5.75 Å². The van der Waals surface area contributed by atoms with Crippen LogP contribution in [0, 0.1) is 0 Å². The van der Waals surface area contributed by atoms with Crippen molar-refractivity contribution >= 4 is 43.5 Å². The topological polar surface area (TPSA) is 38.3 Å². The first-order valence-corrected chi connectivity index (χ1v) is 6.28. The van der Waals surface area contributed by atoms with Crippen molar-refractivity contribution in [1.29, 1.82) is 0 Å². The molecule has 0 saturated heterocycles. The second-order valence-electron chi connectivity index (χ2n) is 2.83. The minimum absolute atomic E-state index is 0.0270. The fourth-order valence-corrected chi connectivity index (χ4v) is 1.73. The molecule has 1 N–H and O–H groups in total. The predicted octanol–water partition coefficient (Wildman–Crippen LogP) is 3.18. The van der Waals surface area contributed by atoms with Crippen LogP contribution in [-0.2, 0) is 4.79 Å². The smallest absolute Gasteiger partial charge is 0.225 e. The summed E-state index contributed by atoms with van der Waals surface area (Å²) in [7, 11) is 1.59. The zero-order valence-corrected chi connectivity index (χ0v) is 11.4. The number of benzene rings is 1. The highest BCUT2D eigenvalue weighted by Crippen LogP contribution is 2.27. The van der Waals surface area contributed by atoms with Crippen LogP contribution < -0.4 is 10.1 Å². The molecule has 0 bridgehead atoms. The summed E-state index contributed by atoms with van der Waals surface area (Å²) in [5, 5.41) is 3.44. The fourth-order valence-electron chi connectivity index (χ4n) is 1.03. The van der Waals surface area contributed by atoms with E-state index in [9.17, 15) is 4.79 Å². The number of hydrogen-bond acceptors (Lipinski definition) is 2. The molecule has 0 aliphatic heterocycles. The molecule has 5 heteroatoms. The number of amides is 1. The Kier molecular flexibility index (Phi) is 5.11. The van der Waals surface area contributed by atoms with Crippen molar-refractivity contribution in [2.45, 2.75) is 6.42 Å². The number of ether oxygens (including phenoxy) is 1. The molecule has 0 radical (unpaired) electrons. The van der Waals surface area contributed by atoms with Crippen molar-refractivity contribution in [3.8, 4) is 5.75 Å². The van der Waals surface area contributed by atoms with Gasteiger partial charge >= 0.3 is 0 Å². The third kappa shape index (κ3) is 3.83. The molecule has 0 fully saturated rings. The minimum Gasteiger partial charge on any atom is -0.497 e. The van der Waals surface area contributed by atoms with E-state index in [0.29, 0.717) is 17.5 Å². The average molecular weight is 337 g/mol. The van der Waals surface area contributed by atoms with Gasteiger partial charge in [0.25, 0.3) is 0 Å². The Hall–Kier alpha value is -0.550. The van der Waals surface area contributed by atoms with Gasteiger partial charge < -0.3 is 10.1 Å². The number of hydrogen-bond donors (Lipinski definition) is 1. The number of carbonyl (C=O) groups excluding carboxylic acids is 1. The Morgan fingerprint density at radius 2 is 2.27 bits per heavy atom. The summed E-state index contributed by atoms with van der Waals surface area (Å²) >= 11 is 6.57. The van der Waals surface area contributed by atoms with Gasteiger partial charge in [0.15, 0.2) is 0 Å². The van der Waals surface area contributed by atoms with E-state index >= 15 is 0 Å². The maximum absolute atomic E-state index is 11.4. The number of methoxy groups -OCH3 is 1. The van der Waals surface area contributed by atoms with Crippen molar-refractivity contribution in [2.75, 3.05) is 17.8 Å². The van der Waals surface area contributed by atoms with Crippen LogP contribution in [0.1, 0.15) is 6.42 Å². The van der Waals surface area contributed by atoms with Gasteiger partial charge in [0.05, 0.1) is 12.8 Å². The van der Waals surface area contributed by atoms with Crippen LogP contribution >= 0.6 is 31.9 Å². The van der Waals surface area contributed by atoms with Gasteiger partial charge in [-0.05, 0) is 28.1 Å². The maximum Gasteiger partial charge on any atom is 0.225 e. The quantitative estimate of drug-likeness (QED) is 0.857. The number of rotatable bonds is 4. The lowest BCUT2D eigenvalue weighted by atomic mass is 10.3. The molecule has 1 amide bonds. The number of carbonyl (C=O) groups is 1. The van der Waals surface area contributed by atoms with Gasteiger partial charge in [-0.3, -0.25) is 4.79 Å². The van der Waals surface area contributed by atoms with Gasteiger partial charge in [-0.1, -0.05) is 15.9 Å². The lowest BCUT2D eigenvalue weighted by Gasteiger charge is -2.08. The molecule has 0 aliphatic rings. The Bertz CT molecular complexity index is 355. The highest BCUT2D eigenvalue weighted by atomic mass is 79.9. The third-order valence-electron chi connectivity index (χ3n) is 1.77. The lowest BCUT2D eigenvalue weighted by molar-refractivity contribution is -0.115. The van der Waals surface area contributed by atoms with Gasteiger partial charge in [0.2, 0.25) is 5.91 Å². The average Bonchev–Trinajstić information content (AvgIpc) is 2.21. The van der Waals surface area contributed by atoms with Gasteiger partial charge in [-0.15, -0.1) is 0 Å². The van der Waals surface area contributed by atoms with Crippen LogP contribution in [0.4, 0.5) is 5.69 Å². The van der Waals surface area contributed by atoms with Crippen LogP contribution in [0.25, 0.3) is 0 Å². The molecule has 0 spiro atoms. The van der Waals surface area contributed by atoms with Crippen molar-refractivity contribution in [1.82, 2.24) is 0 Å². The first-order chi connectivity index (χ1) is 7.17. The van der Waals surface area contributed by atoms with E-state index in [1.54, 1.807) is 13.2 Å². The number of anilines is 1. The van der Waals surface area contributed by atoms with Crippen molar-refractivity contribution in [2.24, 2.45) is 0 Å². The summed E-state index contributed by atoms with van der Waals surface area (Å²) in [6.07, 6.45) is 0.448. The Balaban J connectivity index is 2.79. The molecule has 1 rings (SSSR count). The van der Waals surface area contributed by atoms with E-state index in [1.807, 2.05) is 12.1 Å². The first-order valence-electron chi connectivity index (χ1n) is 4.36. The number of halogens is 2. The molecule has 0 saturated carbocycles. The second-order valence-corrected chi connectivity index (χ2v) is 4.48. The van der Waals surface area contributed by atoms with Crippen molar-refractivity contribution in [3.05, 3.63) is 22.7 Å². The van der Waals surface area contributed by atoms with E-state index in [2.05, 4.69) is 37.2 Å². The zero-order valence-electron chi connectivity index (χ0n) is 8.22. The Morgan fingerprint density at radius 3 is 2.87 bits per heavy atom. The minimum atomic E-state index is -0.0270. The summed E-state index contributed by atoms with van der Waals surface area (Å²) < 4.78 is 5.91. The molecule has 0 aliphatic carbocycles. The van der Waals surface area contributed by atoms with E-state index in [-0.39, 0.29) is 5.91 Å². The summed E-state index contributed by atoms with van der Waals surface area (Å²) in [5.41, 5.74) is 0.723. The van der Waals surface area contributed by atoms with Crippen LogP contribution in [-0.4, -0.2) is 18.3 Å². The molecule has 0 atom stereocenters. The molecule has 1 aromatic carbocycles. The molecule has 0 heterocycles.